The molecule has 0 radical (unpaired) electrons. The predicted octanol–water partition coefficient (Wildman–Crippen LogP) is 1.45. The Morgan fingerprint density at radius 1 is 1.18 bits per heavy atom. The van der Waals surface area contributed by atoms with Gasteiger partial charge < -0.3 is 20.2 Å². The highest BCUT2D eigenvalue weighted by Crippen LogP contribution is 2.17. The Hall–Kier alpha value is -2.31. The summed E-state index contributed by atoms with van der Waals surface area (Å²) in [4.78, 5) is 34.1. The van der Waals surface area contributed by atoms with Gasteiger partial charge in [-0.2, -0.15) is 0 Å². The first-order valence-electron chi connectivity index (χ1n) is 6.94. The molecule has 0 saturated heterocycles. The topological polar surface area (TPSA) is 109 Å². The molecular weight excluding hydrogens is 288 g/mol. The number of rotatable bonds is 6. The second-order valence-corrected chi connectivity index (χ2v) is 6.28. The summed E-state index contributed by atoms with van der Waals surface area (Å²) < 4.78 is 5.23. The summed E-state index contributed by atoms with van der Waals surface area (Å²) in [6, 6.07) is 1.37. The van der Waals surface area contributed by atoms with Crippen molar-refractivity contribution >= 4 is 17.8 Å². The lowest BCUT2D eigenvalue weighted by Crippen LogP contribution is -2.37. The normalized spacial score (nSPS) is 11.1. The van der Waals surface area contributed by atoms with E-state index >= 15 is 0 Å². The first kappa shape index (κ1) is 17.7. The van der Waals surface area contributed by atoms with Gasteiger partial charge in [-0.15, -0.1) is 0 Å². The maximum Gasteiger partial charge on any atom is 0.339 e. The number of hydrogen-bond donors (Lipinski definition) is 3. The van der Waals surface area contributed by atoms with Crippen molar-refractivity contribution in [2.24, 2.45) is 5.41 Å². The fourth-order valence-electron chi connectivity index (χ4n) is 1.81. The third-order valence-corrected chi connectivity index (χ3v) is 2.80. The van der Waals surface area contributed by atoms with Gasteiger partial charge in [0.2, 0.25) is 11.8 Å². The zero-order valence-electron chi connectivity index (χ0n) is 13.3. The van der Waals surface area contributed by atoms with E-state index in [1.165, 1.54) is 6.07 Å². The number of nitrogens with one attached hydrogen (secondary N) is 2. The fraction of sp³-hybridized carbons (Fsp3) is 0.533. The predicted molar refractivity (Wildman–Crippen MR) is 79.3 cm³/mol. The van der Waals surface area contributed by atoms with Crippen LogP contribution in [0.2, 0.25) is 0 Å². The van der Waals surface area contributed by atoms with E-state index in [0.717, 1.165) is 0 Å². The smallest absolute Gasteiger partial charge is 0.339 e. The van der Waals surface area contributed by atoms with Gasteiger partial charge in [-0.25, -0.2) is 4.79 Å². The van der Waals surface area contributed by atoms with Crippen LogP contribution in [0.1, 0.15) is 49.1 Å². The van der Waals surface area contributed by atoms with Crippen LogP contribution in [0.5, 0.6) is 0 Å². The molecule has 0 bridgehead atoms. The maximum absolute atomic E-state index is 11.6. The van der Waals surface area contributed by atoms with Gasteiger partial charge >= 0.3 is 5.97 Å². The zero-order chi connectivity index (χ0) is 16.9. The molecule has 7 nitrogen and oxygen atoms in total. The highest BCUT2D eigenvalue weighted by molar-refractivity contribution is 5.89. The van der Waals surface area contributed by atoms with E-state index in [1.54, 1.807) is 6.92 Å². The number of carbonyl (C=O) groups is 3. The Kier molecular flexibility index (Phi) is 5.73. The number of hydrogen-bond acceptors (Lipinski definition) is 4. The van der Waals surface area contributed by atoms with Crippen LogP contribution in [0.15, 0.2) is 10.5 Å². The van der Waals surface area contributed by atoms with Crippen molar-refractivity contribution < 1.29 is 23.9 Å². The van der Waals surface area contributed by atoms with Gasteiger partial charge in [0, 0.05) is 6.42 Å². The van der Waals surface area contributed by atoms with Gasteiger partial charge in [-0.05, 0) is 18.4 Å². The van der Waals surface area contributed by atoms with Crippen LogP contribution >= 0.6 is 0 Å². The van der Waals surface area contributed by atoms with Crippen LogP contribution in [-0.4, -0.2) is 29.4 Å². The molecule has 2 amide bonds. The molecule has 0 saturated carbocycles. The quantitative estimate of drug-likeness (QED) is 0.737. The minimum Gasteiger partial charge on any atom is -0.478 e. The number of carboxylic acid groups (broad SMARTS) is 1. The molecule has 1 aromatic rings. The molecule has 0 unspecified atom stereocenters. The summed E-state index contributed by atoms with van der Waals surface area (Å²) >= 11 is 0. The second kappa shape index (κ2) is 7.11. The number of aryl methyl sites for hydroxylation is 1. The van der Waals surface area contributed by atoms with E-state index in [-0.39, 0.29) is 41.6 Å². The number of carbonyl (C=O) groups excluding carboxylic acids is 2. The van der Waals surface area contributed by atoms with E-state index in [1.807, 2.05) is 20.8 Å². The third kappa shape index (κ3) is 5.99. The third-order valence-electron chi connectivity index (χ3n) is 2.80. The molecule has 0 aliphatic heterocycles. The number of carboxylic acids is 1. The van der Waals surface area contributed by atoms with Crippen molar-refractivity contribution in [3.63, 3.8) is 0 Å². The van der Waals surface area contributed by atoms with E-state index in [9.17, 15) is 14.4 Å². The minimum absolute atomic E-state index is 0.0715. The van der Waals surface area contributed by atoms with Crippen molar-refractivity contribution in [2.75, 3.05) is 6.54 Å². The number of amides is 2. The van der Waals surface area contributed by atoms with Gasteiger partial charge in [-0.3, -0.25) is 9.59 Å². The Morgan fingerprint density at radius 3 is 2.32 bits per heavy atom. The average molecular weight is 310 g/mol. The molecule has 0 spiro atoms. The largest absolute Gasteiger partial charge is 0.478 e. The molecule has 122 valence electrons. The van der Waals surface area contributed by atoms with Crippen LogP contribution in [0.4, 0.5) is 0 Å². The summed E-state index contributed by atoms with van der Waals surface area (Å²) in [5.74, 6) is -0.995. The molecule has 0 aliphatic carbocycles. The van der Waals surface area contributed by atoms with Crippen molar-refractivity contribution in [2.45, 2.75) is 40.7 Å². The van der Waals surface area contributed by atoms with Gasteiger partial charge in [-0.1, -0.05) is 20.8 Å². The first-order chi connectivity index (χ1) is 10.1. The molecule has 1 rings (SSSR count). The standard InChI is InChI=1S/C15H22N2O5/c1-9-11(14(20)21)5-10(22-9)7-16-13(19)8-17-12(18)6-15(2,3)4/h5H,6-8H2,1-4H3,(H,16,19)(H,17,18)(H,20,21). The van der Waals surface area contributed by atoms with E-state index in [0.29, 0.717) is 12.2 Å². The zero-order valence-corrected chi connectivity index (χ0v) is 13.3. The minimum atomic E-state index is -1.08. The second-order valence-electron chi connectivity index (χ2n) is 6.28. The SMILES string of the molecule is Cc1oc(CNC(=O)CNC(=O)CC(C)(C)C)cc1C(=O)O. The summed E-state index contributed by atoms with van der Waals surface area (Å²) in [6.45, 7) is 7.30. The van der Waals surface area contributed by atoms with E-state index in [2.05, 4.69) is 10.6 Å². The van der Waals surface area contributed by atoms with E-state index in [4.69, 9.17) is 9.52 Å². The van der Waals surface area contributed by atoms with Gasteiger partial charge in [0.15, 0.2) is 0 Å². The molecule has 0 aromatic carbocycles. The number of furan rings is 1. The van der Waals surface area contributed by atoms with Crippen molar-refractivity contribution in [1.29, 1.82) is 0 Å². The Morgan fingerprint density at radius 2 is 1.82 bits per heavy atom. The van der Waals surface area contributed by atoms with Crippen molar-refractivity contribution in [3.05, 3.63) is 23.2 Å². The van der Waals surface area contributed by atoms with Crippen LogP contribution < -0.4 is 10.6 Å². The summed E-state index contributed by atoms with van der Waals surface area (Å²) in [5, 5.41) is 14.0. The molecule has 3 N–H and O–H groups in total. The number of aromatic carboxylic acids is 1. The average Bonchev–Trinajstić information content (AvgIpc) is 2.73. The Bertz CT molecular complexity index is 569. The van der Waals surface area contributed by atoms with Crippen LogP contribution in [-0.2, 0) is 16.1 Å². The fourth-order valence-corrected chi connectivity index (χ4v) is 1.81. The molecule has 0 aliphatic rings. The lowest BCUT2D eigenvalue weighted by Gasteiger charge is -2.17. The van der Waals surface area contributed by atoms with Gasteiger partial charge in [0.25, 0.3) is 0 Å². The van der Waals surface area contributed by atoms with Crippen LogP contribution in [0, 0.1) is 12.3 Å². The molecule has 1 heterocycles. The summed E-state index contributed by atoms with van der Waals surface area (Å²) in [7, 11) is 0. The summed E-state index contributed by atoms with van der Waals surface area (Å²) in [5.41, 5.74) is -0.0674. The van der Waals surface area contributed by atoms with Crippen molar-refractivity contribution in [1.82, 2.24) is 10.6 Å². The van der Waals surface area contributed by atoms with Gasteiger partial charge in [0.05, 0.1) is 13.1 Å². The molecule has 7 heteroatoms. The molecule has 22 heavy (non-hydrogen) atoms. The highest BCUT2D eigenvalue weighted by atomic mass is 16.4. The Balaban J connectivity index is 2.39. The van der Waals surface area contributed by atoms with Gasteiger partial charge in [0.1, 0.15) is 17.1 Å². The molecule has 0 atom stereocenters. The highest BCUT2D eigenvalue weighted by Gasteiger charge is 2.17. The first-order valence-corrected chi connectivity index (χ1v) is 6.94. The molecular formula is C15H22N2O5. The lowest BCUT2D eigenvalue weighted by molar-refractivity contribution is -0.127. The Labute approximate surface area is 129 Å². The van der Waals surface area contributed by atoms with E-state index < -0.39 is 5.97 Å². The van der Waals surface area contributed by atoms with Crippen LogP contribution in [0.25, 0.3) is 0 Å². The maximum atomic E-state index is 11.6. The monoisotopic (exact) mass is 310 g/mol. The van der Waals surface area contributed by atoms with Crippen LogP contribution in [0.3, 0.4) is 0 Å². The van der Waals surface area contributed by atoms with Crippen molar-refractivity contribution in [3.8, 4) is 0 Å². The molecule has 0 fully saturated rings. The molecule has 1 aromatic heterocycles. The summed E-state index contributed by atoms with van der Waals surface area (Å²) in [6.07, 6.45) is 0.333. The lowest BCUT2D eigenvalue weighted by atomic mass is 9.92.